The standard InChI is InChI=1S/C15H25NO2/c1-11-6-5-7-13(14(11)18)9-16-10-15(3,4)8-12(2)17/h5-7,12,16-18H,8-10H2,1-4H3. The third-order valence-electron chi connectivity index (χ3n) is 3.09. The first-order valence-electron chi connectivity index (χ1n) is 6.48. The molecule has 0 aromatic heterocycles. The molecule has 0 aliphatic heterocycles. The lowest BCUT2D eigenvalue weighted by molar-refractivity contribution is 0.128. The molecule has 18 heavy (non-hydrogen) atoms. The predicted molar refractivity (Wildman–Crippen MR) is 74.6 cm³/mol. The van der Waals surface area contributed by atoms with Gasteiger partial charge in [0.25, 0.3) is 0 Å². The predicted octanol–water partition coefficient (Wildman–Crippen LogP) is 2.59. The van der Waals surface area contributed by atoms with E-state index >= 15 is 0 Å². The Morgan fingerprint density at radius 3 is 2.61 bits per heavy atom. The summed E-state index contributed by atoms with van der Waals surface area (Å²) in [5.41, 5.74) is 1.87. The Morgan fingerprint density at radius 2 is 2.00 bits per heavy atom. The summed E-state index contributed by atoms with van der Waals surface area (Å²) < 4.78 is 0. The zero-order chi connectivity index (χ0) is 13.8. The van der Waals surface area contributed by atoms with E-state index in [0.717, 1.165) is 24.1 Å². The zero-order valence-corrected chi connectivity index (χ0v) is 11.8. The number of para-hydroxylation sites is 1. The molecule has 0 fully saturated rings. The van der Waals surface area contributed by atoms with E-state index in [1.807, 2.05) is 32.0 Å². The highest BCUT2D eigenvalue weighted by molar-refractivity contribution is 5.39. The number of hydrogen-bond acceptors (Lipinski definition) is 3. The van der Waals surface area contributed by atoms with Gasteiger partial charge in [0, 0.05) is 18.7 Å². The second kappa shape index (κ2) is 6.21. The van der Waals surface area contributed by atoms with Crippen molar-refractivity contribution in [1.82, 2.24) is 5.32 Å². The van der Waals surface area contributed by atoms with Gasteiger partial charge in [-0.15, -0.1) is 0 Å². The van der Waals surface area contributed by atoms with E-state index in [9.17, 15) is 10.2 Å². The van der Waals surface area contributed by atoms with Crippen molar-refractivity contribution in [2.45, 2.75) is 46.8 Å². The maximum absolute atomic E-state index is 9.89. The Kier molecular flexibility index (Phi) is 5.17. The first-order valence-corrected chi connectivity index (χ1v) is 6.48. The number of aryl methyl sites for hydroxylation is 1. The first kappa shape index (κ1) is 15.0. The fourth-order valence-electron chi connectivity index (χ4n) is 2.27. The van der Waals surface area contributed by atoms with Crippen molar-refractivity contribution in [1.29, 1.82) is 0 Å². The molecular weight excluding hydrogens is 226 g/mol. The van der Waals surface area contributed by atoms with Crippen LogP contribution in [0.4, 0.5) is 0 Å². The quantitative estimate of drug-likeness (QED) is 0.728. The minimum absolute atomic E-state index is 0.0492. The van der Waals surface area contributed by atoms with Gasteiger partial charge in [-0.25, -0.2) is 0 Å². The second-order valence-electron chi connectivity index (χ2n) is 5.90. The van der Waals surface area contributed by atoms with Crippen molar-refractivity contribution < 1.29 is 10.2 Å². The van der Waals surface area contributed by atoms with Crippen molar-refractivity contribution in [2.24, 2.45) is 5.41 Å². The third-order valence-corrected chi connectivity index (χ3v) is 3.09. The van der Waals surface area contributed by atoms with Crippen molar-refractivity contribution in [3.8, 4) is 5.75 Å². The maximum atomic E-state index is 9.89. The number of nitrogens with one attached hydrogen (secondary N) is 1. The summed E-state index contributed by atoms with van der Waals surface area (Å²) in [6, 6.07) is 5.78. The zero-order valence-electron chi connectivity index (χ0n) is 11.8. The molecule has 0 saturated heterocycles. The van der Waals surface area contributed by atoms with Crippen molar-refractivity contribution in [3.05, 3.63) is 29.3 Å². The van der Waals surface area contributed by atoms with Gasteiger partial charge in [-0.2, -0.15) is 0 Å². The molecule has 0 amide bonds. The fourth-order valence-corrected chi connectivity index (χ4v) is 2.27. The molecule has 3 nitrogen and oxygen atoms in total. The Labute approximate surface area is 110 Å². The molecule has 1 atom stereocenters. The number of rotatable bonds is 6. The van der Waals surface area contributed by atoms with Crippen LogP contribution in [-0.2, 0) is 6.54 Å². The van der Waals surface area contributed by atoms with Crippen LogP contribution in [0.1, 0.15) is 38.3 Å². The molecule has 1 rings (SSSR count). The van der Waals surface area contributed by atoms with Crippen molar-refractivity contribution in [2.75, 3.05) is 6.54 Å². The molecule has 0 spiro atoms. The molecule has 0 aliphatic carbocycles. The summed E-state index contributed by atoms with van der Waals surface area (Å²) in [7, 11) is 0. The van der Waals surface area contributed by atoms with Crippen LogP contribution in [0, 0.1) is 12.3 Å². The van der Waals surface area contributed by atoms with Gasteiger partial charge in [-0.05, 0) is 31.2 Å². The minimum atomic E-state index is -0.283. The highest BCUT2D eigenvalue weighted by Gasteiger charge is 2.19. The molecule has 0 saturated carbocycles. The first-order chi connectivity index (χ1) is 8.32. The molecule has 102 valence electrons. The van der Waals surface area contributed by atoms with Gasteiger partial charge in [0.1, 0.15) is 5.75 Å². The topological polar surface area (TPSA) is 52.5 Å². The normalized spacial score (nSPS) is 13.6. The van der Waals surface area contributed by atoms with Gasteiger partial charge in [-0.1, -0.05) is 32.0 Å². The molecule has 3 heteroatoms. The number of benzene rings is 1. The Bertz CT molecular complexity index is 386. The van der Waals surface area contributed by atoms with Crippen LogP contribution in [0.3, 0.4) is 0 Å². The molecular formula is C15H25NO2. The van der Waals surface area contributed by atoms with Crippen molar-refractivity contribution >= 4 is 0 Å². The summed E-state index contributed by atoms with van der Waals surface area (Å²) in [5.74, 6) is 0.373. The lowest BCUT2D eigenvalue weighted by Crippen LogP contribution is -2.31. The van der Waals surface area contributed by atoms with Crippen molar-refractivity contribution in [3.63, 3.8) is 0 Å². The average molecular weight is 251 g/mol. The van der Waals surface area contributed by atoms with Crippen LogP contribution in [-0.4, -0.2) is 22.9 Å². The summed E-state index contributed by atoms with van der Waals surface area (Å²) >= 11 is 0. The van der Waals surface area contributed by atoms with E-state index in [4.69, 9.17) is 0 Å². The number of phenolic OH excluding ortho intramolecular Hbond substituents is 1. The van der Waals surface area contributed by atoms with Gasteiger partial charge in [0.2, 0.25) is 0 Å². The molecule has 1 aromatic rings. The van der Waals surface area contributed by atoms with E-state index in [2.05, 4.69) is 19.2 Å². The third kappa shape index (κ3) is 4.67. The van der Waals surface area contributed by atoms with Crippen LogP contribution in [0.15, 0.2) is 18.2 Å². The van der Waals surface area contributed by atoms with Crippen LogP contribution in [0.2, 0.25) is 0 Å². The summed E-state index contributed by atoms with van der Waals surface area (Å²) in [5, 5.41) is 22.7. The monoisotopic (exact) mass is 251 g/mol. The molecule has 1 unspecified atom stereocenters. The molecule has 1 aromatic carbocycles. The van der Waals surface area contributed by atoms with Crippen LogP contribution in [0.25, 0.3) is 0 Å². The Balaban J connectivity index is 2.49. The van der Waals surface area contributed by atoms with Crippen LogP contribution >= 0.6 is 0 Å². The van der Waals surface area contributed by atoms with E-state index in [1.54, 1.807) is 0 Å². The van der Waals surface area contributed by atoms with E-state index in [-0.39, 0.29) is 11.5 Å². The van der Waals surface area contributed by atoms with E-state index < -0.39 is 0 Å². The summed E-state index contributed by atoms with van der Waals surface area (Å²) in [4.78, 5) is 0. The molecule has 0 aliphatic rings. The minimum Gasteiger partial charge on any atom is -0.507 e. The van der Waals surface area contributed by atoms with Gasteiger partial charge in [0.15, 0.2) is 0 Å². The number of aliphatic hydroxyl groups is 1. The van der Waals surface area contributed by atoms with Gasteiger partial charge in [-0.3, -0.25) is 0 Å². The highest BCUT2D eigenvalue weighted by atomic mass is 16.3. The number of aromatic hydroxyl groups is 1. The van der Waals surface area contributed by atoms with Crippen LogP contribution in [0.5, 0.6) is 5.75 Å². The number of phenols is 1. The lowest BCUT2D eigenvalue weighted by Gasteiger charge is -2.26. The fraction of sp³-hybridized carbons (Fsp3) is 0.600. The number of aliphatic hydroxyl groups excluding tert-OH is 1. The van der Waals surface area contributed by atoms with Gasteiger partial charge in [0.05, 0.1) is 6.10 Å². The van der Waals surface area contributed by atoms with Gasteiger partial charge >= 0.3 is 0 Å². The second-order valence-corrected chi connectivity index (χ2v) is 5.90. The summed E-state index contributed by atoms with van der Waals surface area (Å²) in [6.45, 7) is 9.43. The Morgan fingerprint density at radius 1 is 1.33 bits per heavy atom. The van der Waals surface area contributed by atoms with Gasteiger partial charge < -0.3 is 15.5 Å². The lowest BCUT2D eigenvalue weighted by atomic mass is 9.87. The van der Waals surface area contributed by atoms with E-state index in [1.165, 1.54) is 0 Å². The number of hydrogen-bond donors (Lipinski definition) is 3. The Hall–Kier alpha value is -1.06. The molecule has 3 N–H and O–H groups in total. The highest BCUT2D eigenvalue weighted by Crippen LogP contribution is 2.23. The molecule has 0 bridgehead atoms. The van der Waals surface area contributed by atoms with Crippen LogP contribution < -0.4 is 5.32 Å². The van der Waals surface area contributed by atoms with E-state index in [0.29, 0.717) is 12.3 Å². The summed E-state index contributed by atoms with van der Waals surface area (Å²) in [6.07, 6.45) is 0.481. The average Bonchev–Trinajstić information content (AvgIpc) is 2.22. The SMILES string of the molecule is Cc1cccc(CNCC(C)(C)CC(C)O)c1O. The smallest absolute Gasteiger partial charge is 0.122 e. The molecule has 0 heterocycles. The maximum Gasteiger partial charge on any atom is 0.122 e. The largest absolute Gasteiger partial charge is 0.507 e. The molecule has 0 radical (unpaired) electrons.